The van der Waals surface area contributed by atoms with Crippen LogP contribution >= 0.6 is 11.6 Å². The van der Waals surface area contributed by atoms with Crippen LogP contribution in [-0.4, -0.2) is 9.97 Å². The third-order valence-electron chi connectivity index (χ3n) is 1.36. The second kappa shape index (κ2) is 3.37. The Labute approximate surface area is 73.8 Å². The number of halogens is 1. The molecule has 4 nitrogen and oxygen atoms in total. The van der Waals surface area contributed by atoms with Crippen LogP contribution in [0.4, 0.5) is 0 Å². The quantitative estimate of drug-likeness (QED) is 0.700. The second-order valence-corrected chi connectivity index (χ2v) is 2.64. The molecule has 1 N–H and O–H groups in total. The Balaban J connectivity index is 3.30. The molecule has 0 unspecified atom stereocenters. The van der Waals surface area contributed by atoms with Gasteiger partial charge in [-0.05, 0) is 6.92 Å². The van der Waals surface area contributed by atoms with Crippen molar-refractivity contribution in [2.75, 3.05) is 0 Å². The van der Waals surface area contributed by atoms with Gasteiger partial charge in [-0.15, -0.1) is 0 Å². The molecule has 62 valence electrons. The molecule has 1 heterocycles. The predicted molar refractivity (Wildman–Crippen MR) is 43.9 cm³/mol. The number of aromatic nitrogens is 2. The van der Waals surface area contributed by atoms with Gasteiger partial charge in [-0.3, -0.25) is 0 Å². The van der Waals surface area contributed by atoms with E-state index in [9.17, 15) is 4.79 Å². The molecule has 0 aliphatic heterocycles. The van der Waals surface area contributed by atoms with Gasteiger partial charge in [-0.2, -0.15) is 10.2 Å². The summed E-state index contributed by atoms with van der Waals surface area (Å²) in [6.07, 6.45) is 0.0591. The number of nitriles is 1. The van der Waals surface area contributed by atoms with Crippen LogP contribution in [0.3, 0.4) is 0 Å². The Kier molecular flexibility index (Phi) is 2.46. The maximum atomic E-state index is 10.8. The van der Waals surface area contributed by atoms with E-state index < -0.39 is 5.69 Å². The van der Waals surface area contributed by atoms with Crippen LogP contribution < -0.4 is 5.69 Å². The van der Waals surface area contributed by atoms with Crippen molar-refractivity contribution in [1.82, 2.24) is 9.97 Å². The number of rotatable bonds is 1. The van der Waals surface area contributed by atoms with Crippen LogP contribution in [-0.2, 0) is 6.42 Å². The fourth-order valence-corrected chi connectivity index (χ4v) is 0.980. The van der Waals surface area contributed by atoms with Gasteiger partial charge in [0, 0.05) is 5.69 Å². The summed E-state index contributed by atoms with van der Waals surface area (Å²) >= 11 is 5.76. The zero-order valence-electron chi connectivity index (χ0n) is 6.39. The maximum absolute atomic E-state index is 10.8. The molecule has 12 heavy (non-hydrogen) atoms. The number of H-pyrrole nitrogens is 1. The summed E-state index contributed by atoms with van der Waals surface area (Å²) in [7, 11) is 0. The fourth-order valence-electron chi connectivity index (χ4n) is 0.823. The van der Waals surface area contributed by atoms with E-state index >= 15 is 0 Å². The highest BCUT2D eigenvalue weighted by Gasteiger charge is 2.05. The van der Waals surface area contributed by atoms with E-state index in [4.69, 9.17) is 16.9 Å². The molecule has 0 aliphatic carbocycles. The van der Waals surface area contributed by atoms with Crippen molar-refractivity contribution in [2.24, 2.45) is 0 Å². The van der Waals surface area contributed by atoms with Crippen molar-refractivity contribution in [3.8, 4) is 6.07 Å². The topological polar surface area (TPSA) is 69.5 Å². The monoisotopic (exact) mass is 183 g/mol. The molecule has 0 bridgehead atoms. The largest absolute Gasteiger partial charge is 0.345 e. The van der Waals surface area contributed by atoms with Crippen molar-refractivity contribution in [2.45, 2.75) is 13.3 Å². The van der Waals surface area contributed by atoms with Crippen LogP contribution in [0, 0.1) is 18.3 Å². The third kappa shape index (κ3) is 1.63. The van der Waals surface area contributed by atoms with Crippen molar-refractivity contribution in [3.63, 3.8) is 0 Å². The van der Waals surface area contributed by atoms with Gasteiger partial charge in [-0.25, -0.2) is 4.79 Å². The molecular formula is C7H6ClN3O. The highest BCUT2D eigenvalue weighted by molar-refractivity contribution is 6.31. The average molecular weight is 184 g/mol. The van der Waals surface area contributed by atoms with Gasteiger partial charge in [0.05, 0.1) is 23.2 Å². The summed E-state index contributed by atoms with van der Waals surface area (Å²) in [5.74, 6) is 0. The van der Waals surface area contributed by atoms with Gasteiger partial charge < -0.3 is 4.98 Å². The first-order valence-electron chi connectivity index (χ1n) is 3.27. The van der Waals surface area contributed by atoms with E-state index in [1.54, 1.807) is 6.92 Å². The molecule has 0 saturated heterocycles. The van der Waals surface area contributed by atoms with Crippen LogP contribution in [0.25, 0.3) is 0 Å². The van der Waals surface area contributed by atoms with E-state index in [1.165, 1.54) is 0 Å². The van der Waals surface area contributed by atoms with Gasteiger partial charge in [0.25, 0.3) is 0 Å². The molecule has 0 atom stereocenters. The minimum absolute atomic E-state index is 0.0591. The van der Waals surface area contributed by atoms with Crippen molar-refractivity contribution in [1.29, 1.82) is 5.26 Å². The number of nitrogens with one attached hydrogen (secondary N) is 1. The van der Waals surface area contributed by atoms with Crippen LogP contribution in [0.2, 0.25) is 5.02 Å². The van der Waals surface area contributed by atoms with Crippen LogP contribution in [0.15, 0.2) is 4.79 Å². The molecule has 0 aliphatic rings. The predicted octanol–water partition coefficient (Wildman–Crippen LogP) is 0.798. The van der Waals surface area contributed by atoms with Gasteiger partial charge in [0.2, 0.25) is 0 Å². The number of nitrogens with zero attached hydrogens (tertiary/aromatic N) is 2. The molecule has 5 heteroatoms. The lowest BCUT2D eigenvalue weighted by molar-refractivity contribution is 0.963. The Hall–Kier alpha value is -1.34. The van der Waals surface area contributed by atoms with E-state index in [1.807, 2.05) is 6.07 Å². The molecule has 0 saturated carbocycles. The minimum Gasteiger partial charge on any atom is -0.309 e. The van der Waals surface area contributed by atoms with Crippen molar-refractivity contribution in [3.05, 3.63) is 26.9 Å². The highest BCUT2D eigenvalue weighted by Crippen LogP contribution is 2.14. The average Bonchev–Trinajstić information content (AvgIpc) is 2.00. The zero-order valence-corrected chi connectivity index (χ0v) is 7.14. The number of aryl methyl sites for hydroxylation is 1. The van der Waals surface area contributed by atoms with Gasteiger partial charge in [-0.1, -0.05) is 11.6 Å². The minimum atomic E-state index is -0.470. The van der Waals surface area contributed by atoms with Crippen LogP contribution in [0.1, 0.15) is 11.4 Å². The molecule has 0 amide bonds. The Morgan fingerprint density at radius 3 is 3.00 bits per heavy atom. The van der Waals surface area contributed by atoms with Gasteiger partial charge >= 0.3 is 5.69 Å². The van der Waals surface area contributed by atoms with E-state index in [2.05, 4.69) is 9.97 Å². The molecule has 0 radical (unpaired) electrons. The smallest absolute Gasteiger partial charge is 0.309 e. The highest BCUT2D eigenvalue weighted by atomic mass is 35.5. The maximum Gasteiger partial charge on any atom is 0.345 e. The lowest BCUT2D eigenvalue weighted by atomic mass is 10.3. The molecule has 0 aromatic carbocycles. The van der Waals surface area contributed by atoms with Crippen molar-refractivity contribution >= 4 is 11.6 Å². The lowest BCUT2D eigenvalue weighted by Gasteiger charge is -1.99. The number of hydrogen-bond donors (Lipinski definition) is 1. The van der Waals surface area contributed by atoms with E-state index in [-0.39, 0.29) is 6.42 Å². The first-order chi connectivity index (χ1) is 5.65. The molecule has 1 aromatic heterocycles. The molecule has 1 aromatic rings. The zero-order chi connectivity index (χ0) is 9.14. The molecular weight excluding hydrogens is 178 g/mol. The summed E-state index contributed by atoms with van der Waals surface area (Å²) < 4.78 is 0. The Morgan fingerprint density at radius 1 is 1.75 bits per heavy atom. The molecule has 0 spiro atoms. The standard InChI is InChI=1S/C7H6ClN3O/c1-4-6(8)5(2-3-9)11-7(12)10-4/h2H2,1H3,(H,10,11,12). The SMILES string of the molecule is Cc1[nH]c(=O)nc(CC#N)c1Cl. The van der Waals surface area contributed by atoms with Gasteiger partial charge in [0.1, 0.15) is 0 Å². The fraction of sp³-hybridized carbons (Fsp3) is 0.286. The van der Waals surface area contributed by atoms with Gasteiger partial charge in [0.15, 0.2) is 0 Å². The summed E-state index contributed by atoms with van der Waals surface area (Å²) in [6.45, 7) is 1.66. The van der Waals surface area contributed by atoms with Crippen LogP contribution in [0.5, 0.6) is 0 Å². The summed E-state index contributed by atoms with van der Waals surface area (Å²) in [4.78, 5) is 16.8. The summed E-state index contributed by atoms with van der Waals surface area (Å²) in [5.41, 5.74) is 0.407. The Bertz CT molecular complexity index is 391. The van der Waals surface area contributed by atoms with Crippen molar-refractivity contribution < 1.29 is 0 Å². The number of aromatic amines is 1. The number of hydrogen-bond acceptors (Lipinski definition) is 3. The third-order valence-corrected chi connectivity index (χ3v) is 1.86. The lowest BCUT2D eigenvalue weighted by Crippen LogP contribution is -2.14. The normalized spacial score (nSPS) is 9.42. The summed E-state index contributed by atoms with van der Waals surface area (Å²) in [6, 6.07) is 1.88. The summed E-state index contributed by atoms with van der Waals surface area (Å²) in [5, 5.41) is 8.72. The first-order valence-corrected chi connectivity index (χ1v) is 3.65. The second-order valence-electron chi connectivity index (χ2n) is 2.26. The first kappa shape index (κ1) is 8.75. The van der Waals surface area contributed by atoms with E-state index in [0.29, 0.717) is 16.4 Å². The van der Waals surface area contributed by atoms with E-state index in [0.717, 1.165) is 0 Å². The molecule has 0 fully saturated rings. The Morgan fingerprint density at radius 2 is 2.42 bits per heavy atom. The molecule has 1 rings (SSSR count).